The van der Waals surface area contributed by atoms with Gasteiger partial charge in [0.15, 0.2) is 6.04 Å². The summed E-state index contributed by atoms with van der Waals surface area (Å²) in [5.41, 5.74) is 2.12. The highest BCUT2D eigenvalue weighted by atomic mass is 16.5. The average molecular weight is 303 g/mol. The third-order valence-electron chi connectivity index (χ3n) is 3.95. The van der Waals surface area contributed by atoms with E-state index in [2.05, 4.69) is 0 Å². The van der Waals surface area contributed by atoms with E-state index in [1.54, 1.807) is 0 Å². The van der Waals surface area contributed by atoms with E-state index in [1.165, 1.54) is 11.2 Å². The topological polar surface area (TPSA) is 80.0 Å². The van der Waals surface area contributed by atoms with Crippen LogP contribution in [0.15, 0.2) is 28.9 Å². The van der Waals surface area contributed by atoms with E-state index in [4.69, 9.17) is 9.15 Å². The van der Waals surface area contributed by atoms with Gasteiger partial charge < -0.3 is 19.2 Å². The summed E-state index contributed by atoms with van der Waals surface area (Å²) >= 11 is 0. The Morgan fingerprint density at radius 1 is 1.41 bits per heavy atom. The Kier molecular flexibility index (Phi) is 3.85. The molecule has 3 rings (SSSR count). The maximum atomic E-state index is 12.7. The first-order valence-corrected chi connectivity index (χ1v) is 7.23. The molecule has 6 nitrogen and oxygen atoms in total. The molecule has 116 valence electrons. The number of carboxylic acid groups (broad SMARTS) is 1. The van der Waals surface area contributed by atoms with Gasteiger partial charge in [-0.2, -0.15) is 0 Å². The summed E-state index contributed by atoms with van der Waals surface area (Å²) in [6.07, 6.45) is 2.25. The van der Waals surface area contributed by atoms with Crippen molar-refractivity contribution in [2.24, 2.45) is 0 Å². The molecular weight excluding hydrogens is 286 g/mol. The predicted octanol–water partition coefficient (Wildman–Crippen LogP) is 1.92. The van der Waals surface area contributed by atoms with E-state index >= 15 is 0 Å². The van der Waals surface area contributed by atoms with Crippen molar-refractivity contribution in [1.29, 1.82) is 0 Å². The van der Waals surface area contributed by atoms with Crippen LogP contribution in [-0.2, 0) is 16.0 Å². The normalized spacial score (nSPS) is 18.6. The van der Waals surface area contributed by atoms with E-state index in [0.29, 0.717) is 17.8 Å². The van der Waals surface area contributed by atoms with Gasteiger partial charge in [-0.1, -0.05) is 13.0 Å². The molecule has 2 heterocycles. The predicted molar refractivity (Wildman–Crippen MR) is 78.9 cm³/mol. The minimum absolute atomic E-state index is 0.0110. The van der Waals surface area contributed by atoms with Crippen LogP contribution in [0.25, 0.3) is 11.0 Å². The maximum Gasteiger partial charge on any atom is 0.328 e. The zero-order valence-electron chi connectivity index (χ0n) is 12.2. The Bertz CT molecular complexity index is 720. The number of fused-ring (bicyclic) bond motifs is 1. The number of aryl methyl sites for hydroxylation is 1. The van der Waals surface area contributed by atoms with Gasteiger partial charge in [0.2, 0.25) is 0 Å². The summed E-state index contributed by atoms with van der Waals surface area (Å²) in [7, 11) is 0. The van der Waals surface area contributed by atoms with Crippen LogP contribution in [0.3, 0.4) is 0 Å². The number of nitrogens with zero attached hydrogens (tertiary/aromatic N) is 1. The molecule has 1 N–H and O–H groups in total. The van der Waals surface area contributed by atoms with E-state index in [9.17, 15) is 14.7 Å². The fourth-order valence-corrected chi connectivity index (χ4v) is 2.67. The Morgan fingerprint density at radius 2 is 2.23 bits per heavy atom. The van der Waals surface area contributed by atoms with Crippen LogP contribution in [0.4, 0.5) is 0 Å². The Morgan fingerprint density at radius 3 is 2.95 bits per heavy atom. The van der Waals surface area contributed by atoms with Gasteiger partial charge >= 0.3 is 5.97 Å². The number of carboxylic acids is 1. The quantitative estimate of drug-likeness (QED) is 0.937. The van der Waals surface area contributed by atoms with E-state index < -0.39 is 12.0 Å². The Labute approximate surface area is 127 Å². The van der Waals surface area contributed by atoms with Gasteiger partial charge in [-0.05, 0) is 24.1 Å². The van der Waals surface area contributed by atoms with Gasteiger partial charge in [0, 0.05) is 11.9 Å². The third kappa shape index (κ3) is 2.46. The molecule has 6 heteroatoms. The molecule has 1 aromatic carbocycles. The lowest BCUT2D eigenvalue weighted by atomic mass is 10.1. The highest BCUT2D eigenvalue weighted by molar-refractivity contribution is 6.07. The van der Waals surface area contributed by atoms with Gasteiger partial charge in [-0.3, -0.25) is 4.79 Å². The number of rotatable bonds is 3. The SMILES string of the molecule is CCc1ccc2occ(C(=O)N3CCOCC3C(=O)O)c2c1. The fraction of sp³-hybridized carbons (Fsp3) is 0.375. The zero-order chi connectivity index (χ0) is 15.7. The molecule has 0 aliphatic carbocycles. The molecule has 1 atom stereocenters. The molecule has 1 aromatic heterocycles. The summed E-state index contributed by atoms with van der Waals surface area (Å²) < 4.78 is 10.6. The molecule has 1 unspecified atom stereocenters. The van der Waals surface area contributed by atoms with Crippen LogP contribution in [0.2, 0.25) is 0 Å². The van der Waals surface area contributed by atoms with Crippen molar-refractivity contribution in [2.45, 2.75) is 19.4 Å². The maximum absolute atomic E-state index is 12.7. The standard InChI is InChI=1S/C16H17NO5/c1-2-10-3-4-14-11(7-10)12(8-22-14)15(18)17-5-6-21-9-13(17)16(19)20/h3-4,7-8,13H,2,5-6,9H2,1H3,(H,19,20). The number of morpholine rings is 1. The van der Waals surface area contributed by atoms with Gasteiger partial charge in [-0.15, -0.1) is 0 Å². The second kappa shape index (κ2) is 5.81. The van der Waals surface area contributed by atoms with Gasteiger partial charge in [0.1, 0.15) is 11.8 Å². The number of hydrogen-bond donors (Lipinski definition) is 1. The monoisotopic (exact) mass is 303 g/mol. The molecule has 0 spiro atoms. The van der Waals surface area contributed by atoms with Crippen LogP contribution < -0.4 is 0 Å². The number of hydrogen-bond acceptors (Lipinski definition) is 4. The van der Waals surface area contributed by atoms with Gasteiger partial charge in [0.05, 0.1) is 18.8 Å². The largest absolute Gasteiger partial charge is 0.480 e. The second-order valence-electron chi connectivity index (χ2n) is 5.26. The molecule has 2 aromatic rings. The minimum Gasteiger partial charge on any atom is -0.480 e. The van der Waals surface area contributed by atoms with Crippen molar-refractivity contribution in [2.75, 3.05) is 19.8 Å². The lowest BCUT2D eigenvalue weighted by molar-refractivity contribution is -0.147. The number of carbonyl (C=O) groups excluding carboxylic acids is 1. The van der Waals surface area contributed by atoms with Crippen LogP contribution in [0.5, 0.6) is 0 Å². The lowest BCUT2D eigenvalue weighted by Crippen LogP contribution is -2.52. The highest BCUT2D eigenvalue weighted by Gasteiger charge is 2.34. The van der Waals surface area contributed by atoms with Crippen molar-refractivity contribution in [1.82, 2.24) is 4.90 Å². The molecule has 1 aliphatic heterocycles. The van der Waals surface area contributed by atoms with Crippen LogP contribution >= 0.6 is 0 Å². The van der Waals surface area contributed by atoms with Crippen molar-refractivity contribution < 1.29 is 23.8 Å². The number of ether oxygens (including phenoxy) is 1. The summed E-state index contributed by atoms with van der Waals surface area (Å²) in [4.78, 5) is 25.4. The van der Waals surface area contributed by atoms with E-state index in [0.717, 1.165) is 17.4 Å². The van der Waals surface area contributed by atoms with E-state index in [1.807, 2.05) is 25.1 Å². The van der Waals surface area contributed by atoms with Crippen LogP contribution in [-0.4, -0.2) is 47.7 Å². The van der Waals surface area contributed by atoms with Crippen molar-refractivity contribution in [3.05, 3.63) is 35.6 Å². The van der Waals surface area contributed by atoms with Crippen molar-refractivity contribution >= 4 is 22.8 Å². The molecule has 1 fully saturated rings. The molecule has 22 heavy (non-hydrogen) atoms. The first-order valence-electron chi connectivity index (χ1n) is 7.23. The second-order valence-corrected chi connectivity index (χ2v) is 5.26. The highest BCUT2D eigenvalue weighted by Crippen LogP contribution is 2.25. The van der Waals surface area contributed by atoms with E-state index in [-0.39, 0.29) is 19.1 Å². The first kappa shape index (κ1) is 14.6. The summed E-state index contributed by atoms with van der Waals surface area (Å²) in [5, 5.41) is 9.98. The molecule has 1 saturated heterocycles. The van der Waals surface area contributed by atoms with Gasteiger partial charge in [-0.25, -0.2) is 4.79 Å². The summed E-state index contributed by atoms with van der Waals surface area (Å²) in [6.45, 7) is 2.64. The third-order valence-corrected chi connectivity index (χ3v) is 3.95. The number of benzene rings is 1. The molecule has 1 amide bonds. The first-order chi connectivity index (χ1) is 10.6. The Hall–Kier alpha value is -2.34. The zero-order valence-corrected chi connectivity index (χ0v) is 12.2. The average Bonchev–Trinajstić information content (AvgIpc) is 2.97. The van der Waals surface area contributed by atoms with Crippen LogP contribution in [0.1, 0.15) is 22.8 Å². The molecule has 0 radical (unpaired) electrons. The minimum atomic E-state index is -1.06. The molecular formula is C16H17NO5. The number of amides is 1. The van der Waals surface area contributed by atoms with Crippen molar-refractivity contribution in [3.63, 3.8) is 0 Å². The molecule has 0 bridgehead atoms. The number of aliphatic carboxylic acids is 1. The van der Waals surface area contributed by atoms with Gasteiger partial charge in [0.25, 0.3) is 5.91 Å². The summed E-state index contributed by atoms with van der Waals surface area (Å²) in [6, 6.07) is 4.75. The van der Waals surface area contributed by atoms with Crippen molar-refractivity contribution in [3.8, 4) is 0 Å². The fourth-order valence-electron chi connectivity index (χ4n) is 2.67. The number of carbonyl (C=O) groups is 2. The Balaban J connectivity index is 1.99. The molecule has 1 aliphatic rings. The lowest BCUT2D eigenvalue weighted by Gasteiger charge is -2.32. The summed E-state index contributed by atoms with van der Waals surface area (Å²) in [5.74, 6) is -1.39. The van der Waals surface area contributed by atoms with Crippen LogP contribution in [0, 0.1) is 0 Å². The number of furan rings is 1. The molecule has 0 saturated carbocycles. The smallest absolute Gasteiger partial charge is 0.328 e.